The van der Waals surface area contributed by atoms with E-state index < -0.39 is 6.17 Å². The number of aliphatic imine (C=N–C) groups is 1. The van der Waals surface area contributed by atoms with Crippen LogP contribution in [0.3, 0.4) is 0 Å². The molecule has 1 atom stereocenters. The molecule has 0 spiro atoms. The Morgan fingerprint density at radius 3 is 2.10 bits per heavy atom. The van der Waals surface area contributed by atoms with E-state index in [0.717, 1.165) is 22.5 Å². The third-order valence-electron chi connectivity index (χ3n) is 3.29. The predicted octanol–water partition coefficient (Wildman–Crippen LogP) is 2.38. The third kappa shape index (κ3) is 2.84. The first-order chi connectivity index (χ1) is 10.2. The van der Waals surface area contributed by atoms with E-state index in [-0.39, 0.29) is 5.84 Å². The van der Waals surface area contributed by atoms with Gasteiger partial charge in [-0.15, -0.1) is 0 Å². The van der Waals surface area contributed by atoms with Gasteiger partial charge in [-0.2, -0.15) is 0 Å². The highest BCUT2D eigenvalue weighted by Crippen LogP contribution is 2.18. The second kappa shape index (κ2) is 5.63. The summed E-state index contributed by atoms with van der Waals surface area (Å²) < 4.78 is 0. The Kier molecular flexibility index (Phi) is 3.51. The summed E-state index contributed by atoms with van der Waals surface area (Å²) in [5, 5.41) is 10.9. The Morgan fingerprint density at radius 2 is 1.52 bits per heavy atom. The van der Waals surface area contributed by atoms with Crippen LogP contribution in [0.1, 0.15) is 11.1 Å². The highest BCUT2D eigenvalue weighted by atomic mass is 15.1. The Bertz CT molecular complexity index is 702. The van der Waals surface area contributed by atoms with Crippen LogP contribution in [0.2, 0.25) is 0 Å². The van der Waals surface area contributed by atoms with Gasteiger partial charge in [0.25, 0.3) is 0 Å². The van der Waals surface area contributed by atoms with Gasteiger partial charge in [0, 0.05) is 5.70 Å². The maximum absolute atomic E-state index is 7.67. The highest BCUT2D eigenvalue weighted by molar-refractivity contribution is 6.14. The van der Waals surface area contributed by atoms with Crippen LogP contribution in [0.4, 0.5) is 0 Å². The molecule has 1 heterocycles. The first kappa shape index (κ1) is 13.1. The van der Waals surface area contributed by atoms with Crippen molar-refractivity contribution in [3.05, 3.63) is 77.9 Å². The maximum Gasteiger partial charge on any atom is 0.177 e. The molecule has 1 aliphatic heterocycles. The van der Waals surface area contributed by atoms with E-state index in [9.17, 15) is 0 Å². The van der Waals surface area contributed by atoms with Gasteiger partial charge >= 0.3 is 0 Å². The van der Waals surface area contributed by atoms with Crippen molar-refractivity contribution in [1.82, 2.24) is 5.32 Å². The predicted molar refractivity (Wildman–Crippen MR) is 86.2 cm³/mol. The maximum atomic E-state index is 7.67. The molecule has 0 saturated carbocycles. The molecule has 2 aromatic rings. The first-order valence-corrected chi connectivity index (χ1v) is 6.75. The molecule has 0 saturated heterocycles. The number of benzene rings is 2. The smallest absolute Gasteiger partial charge is 0.177 e. The topological polar surface area (TPSA) is 74.3 Å². The lowest BCUT2D eigenvalue weighted by Gasteiger charge is -2.23. The normalized spacial score (nSPS) is 17.4. The fraction of sp³-hybridized carbons (Fsp3) is 0.0588. The van der Waals surface area contributed by atoms with Gasteiger partial charge in [0.1, 0.15) is 5.84 Å². The molecule has 4 N–H and O–H groups in total. The summed E-state index contributed by atoms with van der Waals surface area (Å²) in [5.41, 5.74) is 9.44. The Labute approximate surface area is 123 Å². The summed E-state index contributed by atoms with van der Waals surface area (Å²) in [6.45, 7) is 0. The van der Waals surface area contributed by atoms with Crippen LogP contribution in [0.25, 0.3) is 5.70 Å². The van der Waals surface area contributed by atoms with Gasteiger partial charge in [-0.05, 0) is 17.2 Å². The summed E-state index contributed by atoms with van der Waals surface area (Å²) >= 11 is 0. The number of nitrogens with two attached hydrogens (primary N) is 1. The molecule has 21 heavy (non-hydrogen) atoms. The lowest BCUT2D eigenvalue weighted by atomic mass is 10.0. The molecule has 1 aliphatic rings. The zero-order chi connectivity index (χ0) is 14.7. The van der Waals surface area contributed by atoms with Gasteiger partial charge < -0.3 is 11.1 Å². The molecule has 0 radical (unpaired) electrons. The summed E-state index contributed by atoms with van der Waals surface area (Å²) in [5.74, 6) is 0.00459. The SMILES string of the molecule is N=C(N)C1N=C(c2ccccc2)C=C(c2ccccc2)N1. The quantitative estimate of drug-likeness (QED) is 0.595. The number of rotatable bonds is 3. The number of amidine groups is 1. The van der Waals surface area contributed by atoms with Crippen LogP contribution in [0.15, 0.2) is 71.7 Å². The number of nitrogens with zero attached hydrogens (tertiary/aromatic N) is 1. The monoisotopic (exact) mass is 276 g/mol. The van der Waals surface area contributed by atoms with E-state index >= 15 is 0 Å². The minimum Gasteiger partial charge on any atom is -0.384 e. The minimum absolute atomic E-state index is 0.00459. The fourth-order valence-corrected chi connectivity index (χ4v) is 2.23. The standard InChI is InChI=1S/C17H16N4/c18-16(19)17-20-14(12-7-3-1-4-8-12)11-15(21-17)13-9-5-2-6-10-13/h1-11,17,20H,(H3,18,19). The van der Waals surface area contributed by atoms with Gasteiger partial charge in [0.2, 0.25) is 0 Å². The molecule has 0 amide bonds. The summed E-state index contributed by atoms with van der Waals surface area (Å²) in [7, 11) is 0. The fourth-order valence-electron chi connectivity index (χ4n) is 2.23. The molecular weight excluding hydrogens is 260 g/mol. The molecular formula is C17H16N4. The van der Waals surface area contributed by atoms with Gasteiger partial charge in [0.15, 0.2) is 6.17 Å². The minimum atomic E-state index is -0.527. The first-order valence-electron chi connectivity index (χ1n) is 6.75. The summed E-state index contributed by atoms with van der Waals surface area (Å²) in [6, 6.07) is 19.9. The highest BCUT2D eigenvalue weighted by Gasteiger charge is 2.19. The summed E-state index contributed by atoms with van der Waals surface area (Å²) in [4.78, 5) is 4.51. The largest absolute Gasteiger partial charge is 0.384 e. The molecule has 0 aromatic heterocycles. The van der Waals surface area contributed by atoms with Crippen molar-refractivity contribution < 1.29 is 0 Å². The second-order valence-electron chi connectivity index (χ2n) is 4.81. The van der Waals surface area contributed by atoms with Crippen molar-refractivity contribution in [3.63, 3.8) is 0 Å². The number of allylic oxidation sites excluding steroid dienone is 1. The Morgan fingerprint density at radius 1 is 0.952 bits per heavy atom. The van der Waals surface area contributed by atoms with E-state index in [1.54, 1.807) is 0 Å². The Balaban J connectivity index is 2.04. The van der Waals surface area contributed by atoms with E-state index in [1.165, 1.54) is 0 Å². The van der Waals surface area contributed by atoms with Crippen molar-refractivity contribution in [2.24, 2.45) is 10.7 Å². The van der Waals surface area contributed by atoms with Crippen LogP contribution in [0, 0.1) is 5.41 Å². The number of hydrogen-bond acceptors (Lipinski definition) is 3. The average Bonchev–Trinajstić information content (AvgIpc) is 2.56. The molecule has 4 nitrogen and oxygen atoms in total. The van der Waals surface area contributed by atoms with Crippen LogP contribution >= 0.6 is 0 Å². The van der Waals surface area contributed by atoms with Crippen LogP contribution in [-0.4, -0.2) is 17.7 Å². The molecule has 4 heteroatoms. The molecule has 0 aliphatic carbocycles. The van der Waals surface area contributed by atoms with Gasteiger partial charge in [-0.1, -0.05) is 60.7 Å². The molecule has 0 fully saturated rings. The van der Waals surface area contributed by atoms with Crippen molar-refractivity contribution >= 4 is 17.2 Å². The van der Waals surface area contributed by atoms with Crippen molar-refractivity contribution in [3.8, 4) is 0 Å². The lowest BCUT2D eigenvalue weighted by Crippen LogP contribution is -2.41. The van der Waals surface area contributed by atoms with E-state index in [0.29, 0.717) is 0 Å². The van der Waals surface area contributed by atoms with E-state index in [2.05, 4.69) is 10.3 Å². The van der Waals surface area contributed by atoms with Crippen LogP contribution in [0.5, 0.6) is 0 Å². The van der Waals surface area contributed by atoms with E-state index in [1.807, 2.05) is 66.7 Å². The van der Waals surface area contributed by atoms with E-state index in [4.69, 9.17) is 11.1 Å². The lowest BCUT2D eigenvalue weighted by molar-refractivity contribution is 0.771. The van der Waals surface area contributed by atoms with Crippen molar-refractivity contribution in [2.45, 2.75) is 6.17 Å². The average molecular weight is 276 g/mol. The molecule has 104 valence electrons. The zero-order valence-electron chi connectivity index (χ0n) is 11.5. The zero-order valence-corrected chi connectivity index (χ0v) is 11.5. The van der Waals surface area contributed by atoms with Crippen molar-refractivity contribution in [2.75, 3.05) is 0 Å². The molecule has 2 aromatic carbocycles. The van der Waals surface area contributed by atoms with Gasteiger partial charge in [-0.3, -0.25) is 10.4 Å². The van der Waals surface area contributed by atoms with Crippen molar-refractivity contribution in [1.29, 1.82) is 5.41 Å². The van der Waals surface area contributed by atoms with Gasteiger partial charge in [-0.25, -0.2) is 0 Å². The number of nitrogens with one attached hydrogen (secondary N) is 2. The molecule has 0 bridgehead atoms. The second-order valence-corrected chi connectivity index (χ2v) is 4.81. The molecule has 3 rings (SSSR count). The third-order valence-corrected chi connectivity index (χ3v) is 3.29. The summed E-state index contributed by atoms with van der Waals surface area (Å²) in [6.07, 6.45) is 1.46. The van der Waals surface area contributed by atoms with Gasteiger partial charge in [0.05, 0.1) is 5.71 Å². The van der Waals surface area contributed by atoms with Crippen LogP contribution < -0.4 is 11.1 Å². The number of hydrogen-bond donors (Lipinski definition) is 3. The Hall–Kier alpha value is -2.88. The molecule has 1 unspecified atom stereocenters. The van der Waals surface area contributed by atoms with Crippen LogP contribution in [-0.2, 0) is 0 Å².